The van der Waals surface area contributed by atoms with E-state index in [1.807, 2.05) is 48.2 Å². The number of likely N-dealkylation sites (tertiary alicyclic amines) is 1. The van der Waals surface area contributed by atoms with Crippen LogP contribution in [-0.4, -0.2) is 52.5 Å². The van der Waals surface area contributed by atoms with Gasteiger partial charge in [-0.15, -0.1) is 0 Å². The van der Waals surface area contributed by atoms with Crippen LogP contribution in [0.4, 0.5) is 5.69 Å². The molecule has 2 aliphatic carbocycles. The molecule has 2 bridgehead atoms. The summed E-state index contributed by atoms with van der Waals surface area (Å²) >= 11 is 0. The molecule has 1 aromatic rings. The van der Waals surface area contributed by atoms with Gasteiger partial charge in [0, 0.05) is 17.8 Å². The molecular weight excluding hydrogens is 454 g/mol. The van der Waals surface area contributed by atoms with Crippen molar-refractivity contribution in [1.29, 1.82) is 0 Å². The van der Waals surface area contributed by atoms with Gasteiger partial charge in [-0.25, -0.2) is 0 Å². The summed E-state index contributed by atoms with van der Waals surface area (Å²) in [6.07, 6.45) is 13.8. The van der Waals surface area contributed by atoms with Gasteiger partial charge < -0.3 is 20.3 Å². The van der Waals surface area contributed by atoms with Gasteiger partial charge in [0.2, 0.25) is 17.7 Å². The molecule has 3 amide bonds. The number of ether oxygens (including phenoxy) is 1. The summed E-state index contributed by atoms with van der Waals surface area (Å²) in [6.45, 7) is 2.00. The van der Waals surface area contributed by atoms with E-state index in [-0.39, 0.29) is 29.8 Å². The smallest absolute Gasteiger partial charge is 0.246 e. The first-order valence-electron chi connectivity index (χ1n) is 13.9. The molecule has 0 radical (unpaired) electrons. The first-order valence-corrected chi connectivity index (χ1v) is 13.9. The van der Waals surface area contributed by atoms with Crippen molar-refractivity contribution in [3.05, 3.63) is 42.0 Å². The summed E-state index contributed by atoms with van der Waals surface area (Å²) in [5.41, 5.74) is 0.736. The van der Waals surface area contributed by atoms with Gasteiger partial charge in [0.05, 0.1) is 17.9 Å². The molecule has 7 heteroatoms. The molecule has 36 heavy (non-hydrogen) atoms. The maximum Gasteiger partial charge on any atom is 0.246 e. The van der Waals surface area contributed by atoms with Crippen molar-refractivity contribution in [2.45, 2.75) is 101 Å². The van der Waals surface area contributed by atoms with Gasteiger partial charge in [0.1, 0.15) is 11.6 Å². The molecule has 2 saturated carbocycles. The highest BCUT2D eigenvalue weighted by atomic mass is 16.5. The molecular formula is C29H37N3O4. The summed E-state index contributed by atoms with van der Waals surface area (Å²) < 4.78 is 6.49. The topological polar surface area (TPSA) is 87.7 Å². The van der Waals surface area contributed by atoms with Crippen LogP contribution in [-0.2, 0) is 19.1 Å². The van der Waals surface area contributed by atoms with Gasteiger partial charge in [-0.2, -0.15) is 0 Å². The molecule has 7 nitrogen and oxygen atoms in total. The third-order valence-electron chi connectivity index (χ3n) is 9.10. The molecule has 0 unspecified atom stereocenters. The lowest BCUT2D eigenvalue weighted by Gasteiger charge is -2.39. The van der Waals surface area contributed by atoms with E-state index in [0.29, 0.717) is 5.69 Å². The standard InChI is InChI=1S/C29H37N3O4/c1-18-12-14-20(15-13-18)30-26(33)23-22-16-17-29(36-22)24(23)28(35)32(21-10-6-3-7-11-21)25(29)27(34)31-19-8-4-2-5-9-19/h12-17,19,21-25H,2-11H2,1H3,(H,30,33)(H,31,34)/t22-,23+,24-,25+,29-/m1/s1. The first-order chi connectivity index (χ1) is 17.5. The molecule has 5 aliphatic rings. The number of nitrogens with zero attached hydrogens (tertiary/aromatic N) is 1. The Kier molecular flexibility index (Phi) is 6.14. The first kappa shape index (κ1) is 23.7. The fourth-order valence-electron chi connectivity index (χ4n) is 7.35. The summed E-state index contributed by atoms with van der Waals surface area (Å²) in [5, 5.41) is 6.29. The highest BCUT2D eigenvalue weighted by Crippen LogP contribution is 2.56. The van der Waals surface area contributed by atoms with E-state index in [2.05, 4.69) is 10.6 Å². The van der Waals surface area contributed by atoms with E-state index < -0.39 is 29.6 Å². The van der Waals surface area contributed by atoms with Crippen LogP contribution in [0, 0.1) is 18.8 Å². The Hall–Kier alpha value is -2.67. The highest BCUT2D eigenvalue weighted by Gasteiger charge is 2.73. The molecule has 3 heterocycles. The Morgan fingerprint density at radius 1 is 0.944 bits per heavy atom. The lowest BCUT2D eigenvalue weighted by molar-refractivity contribution is -0.144. The third kappa shape index (κ3) is 3.87. The van der Waals surface area contributed by atoms with Crippen LogP contribution in [0.5, 0.6) is 0 Å². The van der Waals surface area contributed by atoms with E-state index in [1.165, 1.54) is 6.42 Å². The van der Waals surface area contributed by atoms with Crippen molar-refractivity contribution in [2.24, 2.45) is 11.8 Å². The molecule has 4 fully saturated rings. The number of benzene rings is 1. The van der Waals surface area contributed by atoms with E-state index in [0.717, 1.165) is 63.4 Å². The Balaban J connectivity index is 1.31. The van der Waals surface area contributed by atoms with E-state index >= 15 is 0 Å². The van der Waals surface area contributed by atoms with Gasteiger partial charge in [-0.1, -0.05) is 68.4 Å². The number of fused-ring (bicyclic) bond motifs is 1. The minimum absolute atomic E-state index is 0.0187. The molecule has 1 spiro atoms. The summed E-state index contributed by atoms with van der Waals surface area (Å²) in [7, 11) is 0. The number of aryl methyl sites for hydroxylation is 1. The molecule has 6 rings (SSSR count). The lowest BCUT2D eigenvalue weighted by Crippen LogP contribution is -2.58. The molecule has 5 atom stereocenters. The Bertz CT molecular complexity index is 1060. The van der Waals surface area contributed by atoms with Crippen LogP contribution in [0.1, 0.15) is 69.8 Å². The van der Waals surface area contributed by atoms with E-state index in [9.17, 15) is 14.4 Å². The zero-order valence-electron chi connectivity index (χ0n) is 21.1. The third-order valence-corrected chi connectivity index (χ3v) is 9.10. The van der Waals surface area contributed by atoms with Crippen molar-refractivity contribution in [3.63, 3.8) is 0 Å². The second kappa shape index (κ2) is 9.33. The van der Waals surface area contributed by atoms with Crippen LogP contribution in [0.3, 0.4) is 0 Å². The quantitative estimate of drug-likeness (QED) is 0.612. The van der Waals surface area contributed by atoms with Crippen LogP contribution >= 0.6 is 0 Å². The molecule has 192 valence electrons. The largest absolute Gasteiger partial charge is 0.359 e. The number of hydrogen-bond acceptors (Lipinski definition) is 4. The number of anilines is 1. The summed E-state index contributed by atoms with van der Waals surface area (Å²) in [5.74, 6) is -1.76. The van der Waals surface area contributed by atoms with Gasteiger partial charge >= 0.3 is 0 Å². The monoisotopic (exact) mass is 491 g/mol. The number of nitrogens with one attached hydrogen (secondary N) is 2. The van der Waals surface area contributed by atoms with Crippen molar-refractivity contribution >= 4 is 23.4 Å². The van der Waals surface area contributed by atoms with Crippen molar-refractivity contribution < 1.29 is 19.1 Å². The zero-order valence-corrected chi connectivity index (χ0v) is 21.1. The number of amides is 3. The number of carbonyl (C=O) groups excluding carboxylic acids is 3. The minimum atomic E-state index is -1.08. The lowest BCUT2D eigenvalue weighted by atomic mass is 9.74. The molecule has 3 aliphatic heterocycles. The second-order valence-electron chi connectivity index (χ2n) is 11.4. The normalized spacial score (nSPS) is 34.1. The molecule has 2 saturated heterocycles. The maximum atomic E-state index is 14.1. The second-order valence-corrected chi connectivity index (χ2v) is 11.4. The zero-order chi connectivity index (χ0) is 24.9. The number of rotatable bonds is 5. The van der Waals surface area contributed by atoms with Crippen molar-refractivity contribution in [2.75, 3.05) is 5.32 Å². The minimum Gasteiger partial charge on any atom is -0.359 e. The fourth-order valence-corrected chi connectivity index (χ4v) is 7.35. The van der Waals surface area contributed by atoms with E-state index in [4.69, 9.17) is 4.74 Å². The summed E-state index contributed by atoms with van der Waals surface area (Å²) in [4.78, 5) is 43.4. The Morgan fingerprint density at radius 2 is 1.61 bits per heavy atom. The molecule has 1 aromatic carbocycles. The van der Waals surface area contributed by atoms with Crippen LogP contribution < -0.4 is 10.6 Å². The van der Waals surface area contributed by atoms with Crippen LogP contribution in [0.2, 0.25) is 0 Å². The fraction of sp³-hybridized carbons (Fsp3) is 0.621. The predicted molar refractivity (Wildman–Crippen MR) is 136 cm³/mol. The van der Waals surface area contributed by atoms with E-state index in [1.54, 1.807) is 0 Å². The van der Waals surface area contributed by atoms with Crippen LogP contribution in [0.25, 0.3) is 0 Å². The highest BCUT2D eigenvalue weighted by molar-refractivity contribution is 6.03. The number of hydrogen-bond donors (Lipinski definition) is 2. The number of carbonyl (C=O) groups is 3. The molecule has 2 N–H and O–H groups in total. The summed E-state index contributed by atoms with van der Waals surface area (Å²) in [6, 6.07) is 7.09. The Morgan fingerprint density at radius 3 is 2.31 bits per heavy atom. The Labute approximate surface area is 213 Å². The average molecular weight is 492 g/mol. The predicted octanol–water partition coefficient (Wildman–Crippen LogP) is 3.87. The molecule has 0 aromatic heterocycles. The van der Waals surface area contributed by atoms with Crippen LogP contribution in [0.15, 0.2) is 36.4 Å². The van der Waals surface area contributed by atoms with Gasteiger partial charge in [-0.05, 0) is 44.7 Å². The van der Waals surface area contributed by atoms with Gasteiger partial charge in [0.15, 0.2) is 0 Å². The van der Waals surface area contributed by atoms with Gasteiger partial charge in [0.25, 0.3) is 0 Å². The van der Waals surface area contributed by atoms with Gasteiger partial charge in [-0.3, -0.25) is 14.4 Å². The maximum absolute atomic E-state index is 14.1. The SMILES string of the molecule is Cc1ccc(NC(=O)[C@H]2[C@H]3C=C[C@]4(O3)[C@H](C(=O)NC3CCCCC3)N(C3CCCCC3)C(=O)[C@@H]24)cc1. The average Bonchev–Trinajstić information content (AvgIpc) is 3.54. The van der Waals surface area contributed by atoms with Crippen molar-refractivity contribution in [3.8, 4) is 0 Å². The van der Waals surface area contributed by atoms with Crippen molar-refractivity contribution in [1.82, 2.24) is 10.2 Å².